The Bertz CT molecular complexity index is 1140. The number of nitrogens with zero attached hydrogens (tertiary/aromatic N) is 3. The predicted octanol–water partition coefficient (Wildman–Crippen LogP) is 3.41. The van der Waals surface area contributed by atoms with Crippen LogP contribution in [-0.2, 0) is 17.1 Å². The first kappa shape index (κ1) is 20.1. The Morgan fingerprint density at radius 2 is 1.68 bits per heavy atom. The fourth-order valence-corrected chi connectivity index (χ4v) is 3.37. The summed E-state index contributed by atoms with van der Waals surface area (Å²) < 4.78 is 26.8. The molecule has 0 saturated carbocycles. The zero-order chi connectivity index (χ0) is 20.5. The van der Waals surface area contributed by atoms with Crippen LogP contribution < -0.4 is 10.0 Å². The van der Waals surface area contributed by atoms with E-state index in [1.54, 1.807) is 23.9 Å². The summed E-state index contributed by atoms with van der Waals surface area (Å²) in [6.45, 7) is 0. The summed E-state index contributed by atoms with van der Waals surface area (Å²) in [5.41, 5.74) is 1.59. The molecule has 3 rings (SSSR count). The van der Waals surface area contributed by atoms with Crippen LogP contribution in [0.2, 0.25) is 10.0 Å². The molecule has 2 N–H and O–H groups in total. The van der Waals surface area contributed by atoms with E-state index in [9.17, 15) is 13.2 Å². The van der Waals surface area contributed by atoms with E-state index in [1.165, 1.54) is 30.6 Å². The minimum atomic E-state index is -3.48. The van der Waals surface area contributed by atoms with Gasteiger partial charge in [-0.3, -0.25) is 9.52 Å². The number of hydrogen-bond donors (Lipinski definition) is 2. The van der Waals surface area contributed by atoms with Crippen molar-refractivity contribution in [3.05, 3.63) is 58.5 Å². The Balaban J connectivity index is 1.84. The molecule has 28 heavy (non-hydrogen) atoms. The summed E-state index contributed by atoms with van der Waals surface area (Å²) in [5.74, 6) is 0.0248. The number of benzene rings is 1. The Kier molecular flexibility index (Phi) is 5.59. The second kappa shape index (κ2) is 7.78. The van der Waals surface area contributed by atoms with Gasteiger partial charge in [-0.1, -0.05) is 23.2 Å². The SMILES string of the molecule is Cn1cc(C(=O)Nc2cc(Cl)cc(NS(C)(=O)=O)c2)cc1-c1ncc(Cl)cn1. The highest BCUT2D eigenvalue weighted by molar-refractivity contribution is 7.92. The van der Waals surface area contributed by atoms with E-state index in [0.717, 1.165) is 6.26 Å². The fraction of sp³-hybridized carbons (Fsp3) is 0.118. The Morgan fingerprint density at radius 1 is 1.04 bits per heavy atom. The highest BCUT2D eigenvalue weighted by atomic mass is 35.5. The molecule has 2 heterocycles. The Labute approximate surface area is 171 Å². The van der Waals surface area contributed by atoms with Crippen molar-refractivity contribution in [3.63, 3.8) is 0 Å². The standard InChI is InChI=1S/C17H15Cl2N5O3S/c1-24-9-10(3-15(24)16-20-7-12(19)8-21-16)17(25)22-13-4-11(18)5-14(6-13)23-28(2,26)27/h3-9,23H,1-2H3,(H,22,25). The maximum atomic E-state index is 12.6. The molecule has 0 bridgehead atoms. The van der Waals surface area contributed by atoms with Crippen LogP contribution in [0.25, 0.3) is 11.5 Å². The third kappa shape index (κ3) is 5.00. The topological polar surface area (TPSA) is 106 Å². The van der Waals surface area contributed by atoms with E-state index in [2.05, 4.69) is 20.0 Å². The van der Waals surface area contributed by atoms with E-state index in [4.69, 9.17) is 23.2 Å². The van der Waals surface area contributed by atoms with Crippen LogP contribution in [0.3, 0.4) is 0 Å². The van der Waals surface area contributed by atoms with Gasteiger partial charge in [0, 0.05) is 36.3 Å². The largest absolute Gasteiger partial charge is 0.347 e. The summed E-state index contributed by atoms with van der Waals surface area (Å²) in [6.07, 6.45) is 5.59. The molecule has 0 atom stereocenters. The van der Waals surface area contributed by atoms with E-state index < -0.39 is 15.9 Å². The van der Waals surface area contributed by atoms with Crippen LogP contribution in [0, 0.1) is 0 Å². The molecular weight excluding hydrogens is 425 g/mol. The number of rotatable bonds is 5. The third-order valence-corrected chi connectivity index (χ3v) is 4.60. The lowest BCUT2D eigenvalue weighted by Crippen LogP contribution is -2.13. The van der Waals surface area contributed by atoms with Crippen molar-refractivity contribution in [2.75, 3.05) is 16.3 Å². The van der Waals surface area contributed by atoms with Crippen molar-refractivity contribution >= 4 is 50.5 Å². The molecule has 1 amide bonds. The van der Waals surface area contributed by atoms with Crippen molar-refractivity contribution in [1.29, 1.82) is 0 Å². The number of carbonyl (C=O) groups is 1. The summed E-state index contributed by atoms with van der Waals surface area (Å²) in [5, 5.41) is 3.38. The smallest absolute Gasteiger partial charge is 0.257 e. The first-order valence-electron chi connectivity index (χ1n) is 7.85. The van der Waals surface area contributed by atoms with Gasteiger partial charge in [-0.15, -0.1) is 0 Å². The monoisotopic (exact) mass is 439 g/mol. The molecule has 0 aliphatic rings. The van der Waals surface area contributed by atoms with Gasteiger partial charge in [0.1, 0.15) is 0 Å². The van der Waals surface area contributed by atoms with Gasteiger partial charge in [0.15, 0.2) is 5.82 Å². The average Bonchev–Trinajstić information content (AvgIpc) is 2.95. The number of halogens is 2. The summed E-state index contributed by atoms with van der Waals surface area (Å²) in [7, 11) is -1.71. The Hall–Kier alpha value is -2.62. The van der Waals surface area contributed by atoms with Crippen LogP contribution in [-0.4, -0.2) is 35.1 Å². The second-order valence-electron chi connectivity index (χ2n) is 6.01. The van der Waals surface area contributed by atoms with Crippen LogP contribution >= 0.6 is 23.2 Å². The highest BCUT2D eigenvalue weighted by Crippen LogP contribution is 2.25. The van der Waals surface area contributed by atoms with Crippen LogP contribution in [0.1, 0.15) is 10.4 Å². The third-order valence-electron chi connectivity index (χ3n) is 3.58. The number of carbonyl (C=O) groups excluding carboxylic acids is 1. The van der Waals surface area contributed by atoms with Gasteiger partial charge in [-0.25, -0.2) is 18.4 Å². The molecule has 0 unspecified atom stereocenters. The number of sulfonamides is 1. The molecule has 0 radical (unpaired) electrons. The molecule has 0 aliphatic heterocycles. The quantitative estimate of drug-likeness (QED) is 0.633. The molecule has 11 heteroatoms. The van der Waals surface area contributed by atoms with Gasteiger partial charge in [-0.2, -0.15) is 0 Å². The van der Waals surface area contributed by atoms with Crippen molar-refractivity contribution in [2.24, 2.45) is 7.05 Å². The molecule has 1 aromatic carbocycles. The lowest BCUT2D eigenvalue weighted by atomic mass is 10.2. The van der Waals surface area contributed by atoms with E-state index in [1.807, 2.05) is 0 Å². The number of aryl methyl sites for hydroxylation is 1. The zero-order valence-corrected chi connectivity index (χ0v) is 17.1. The van der Waals surface area contributed by atoms with Gasteiger partial charge in [0.05, 0.1) is 28.2 Å². The van der Waals surface area contributed by atoms with Gasteiger partial charge >= 0.3 is 0 Å². The molecule has 146 valence electrons. The van der Waals surface area contributed by atoms with Crippen molar-refractivity contribution < 1.29 is 13.2 Å². The summed E-state index contributed by atoms with van der Waals surface area (Å²) in [4.78, 5) is 20.9. The molecule has 0 saturated heterocycles. The van der Waals surface area contributed by atoms with Gasteiger partial charge < -0.3 is 9.88 Å². The van der Waals surface area contributed by atoms with Crippen LogP contribution in [0.5, 0.6) is 0 Å². The minimum absolute atomic E-state index is 0.244. The molecule has 2 aromatic heterocycles. The van der Waals surface area contributed by atoms with Crippen LogP contribution in [0.15, 0.2) is 42.9 Å². The van der Waals surface area contributed by atoms with E-state index in [-0.39, 0.29) is 10.7 Å². The first-order valence-corrected chi connectivity index (χ1v) is 10.5. The average molecular weight is 440 g/mol. The van der Waals surface area contributed by atoms with Crippen LogP contribution in [0.4, 0.5) is 11.4 Å². The van der Waals surface area contributed by atoms with Crippen molar-refractivity contribution in [3.8, 4) is 11.5 Å². The molecule has 8 nitrogen and oxygen atoms in total. The molecule has 3 aromatic rings. The maximum Gasteiger partial charge on any atom is 0.257 e. The zero-order valence-electron chi connectivity index (χ0n) is 14.8. The van der Waals surface area contributed by atoms with Gasteiger partial charge in [-0.05, 0) is 24.3 Å². The number of amides is 1. The molecular formula is C17H15Cl2N5O3S. The highest BCUT2D eigenvalue weighted by Gasteiger charge is 2.15. The lowest BCUT2D eigenvalue weighted by molar-refractivity contribution is 0.102. The summed E-state index contributed by atoms with van der Waals surface area (Å²) in [6, 6.07) is 6.06. The lowest BCUT2D eigenvalue weighted by Gasteiger charge is -2.09. The first-order chi connectivity index (χ1) is 13.1. The van der Waals surface area contributed by atoms with E-state index >= 15 is 0 Å². The number of hydrogen-bond acceptors (Lipinski definition) is 5. The van der Waals surface area contributed by atoms with E-state index in [0.29, 0.717) is 27.8 Å². The number of nitrogens with one attached hydrogen (secondary N) is 2. The molecule has 0 fully saturated rings. The van der Waals surface area contributed by atoms with Gasteiger partial charge in [0.25, 0.3) is 5.91 Å². The van der Waals surface area contributed by atoms with Gasteiger partial charge in [0.2, 0.25) is 10.0 Å². The molecule has 0 aliphatic carbocycles. The van der Waals surface area contributed by atoms with Crippen molar-refractivity contribution in [1.82, 2.24) is 14.5 Å². The Morgan fingerprint density at radius 3 is 2.32 bits per heavy atom. The predicted molar refractivity (Wildman–Crippen MR) is 109 cm³/mol. The summed E-state index contributed by atoms with van der Waals surface area (Å²) >= 11 is 11.8. The molecule has 0 spiro atoms. The maximum absolute atomic E-state index is 12.6. The van der Waals surface area contributed by atoms with Crippen molar-refractivity contribution in [2.45, 2.75) is 0 Å². The second-order valence-corrected chi connectivity index (χ2v) is 8.63. The number of anilines is 2. The minimum Gasteiger partial charge on any atom is -0.347 e. The fourth-order valence-electron chi connectivity index (χ4n) is 2.49. The normalized spacial score (nSPS) is 11.3. The number of aromatic nitrogens is 3.